The molecule has 0 unspecified atom stereocenters. The fraction of sp³-hybridized carbons (Fsp3) is 0.333. The molecule has 15 heavy (non-hydrogen) atoms. The molecule has 0 atom stereocenters. The van der Waals surface area contributed by atoms with Crippen molar-refractivity contribution in [3.8, 4) is 0 Å². The molecule has 1 amide bonds. The second-order valence-electron chi connectivity index (χ2n) is 3.32. The van der Waals surface area contributed by atoms with Crippen LogP contribution < -0.4 is 5.32 Å². The van der Waals surface area contributed by atoms with Gasteiger partial charge in [-0.25, -0.2) is 0 Å². The van der Waals surface area contributed by atoms with Crippen molar-refractivity contribution in [1.29, 1.82) is 0 Å². The van der Waals surface area contributed by atoms with E-state index in [1.54, 1.807) is 6.20 Å². The van der Waals surface area contributed by atoms with E-state index < -0.39 is 0 Å². The maximum Gasteiger partial charge on any atom is 0.221 e. The zero-order chi connectivity index (χ0) is 11.1. The Hall–Kier alpha value is -1.64. The minimum absolute atomic E-state index is 0.0417. The highest BCUT2D eigenvalue weighted by molar-refractivity contribution is 5.75. The molecule has 0 radical (unpaired) electrons. The number of nitrogens with one attached hydrogen (secondary N) is 1. The zero-order valence-electron chi connectivity index (χ0n) is 9.16. The van der Waals surface area contributed by atoms with Crippen molar-refractivity contribution in [2.75, 3.05) is 0 Å². The van der Waals surface area contributed by atoms with Crippen LogP contribution in [0, 0.1) is 0 Å². The third kappa shape index (κ3) is 4.40. The Morgan fingerprint density at radius 1 is 1.67 bits per heavy atom. The molecule has 1 aliphatic heterocycles. The summed E-state index contributed by atoms with van der Waals surface area (Å²) in [5, 5.41) is 2.80. The SMILES string of the molecule is CC/C=C(\C=C1\C=CN=CC1)NC(C)=O. The Labute approximate surface area is 90.3 Å². The molecular weight excluding hydrogens is 188 g/mol. The molecule has 0 aliphatic carbocycles. The lowest BCUT2D eigenvalue weighted by Crippen LogP contribution is -2.18. The zero-order valence-corrected chi connectivity index (χ0v) is 9.16. The van der Waals surface area contributed by atoms with E-state index in [4.69, 9.17) is 0 Å². The van der Waals surface area contributed by atoms with Gasteiger partial charge in [-0.1, -0.05) is 13.0 Å². The highest BCUT2D eigenvalue weighted by Crippen LogP contribution is 2.09. The lowest BCUT2D eigenvalue weighted by molar-refractivity contribution is -0.118. The van der Waals surface area contributed by atoms with E-state index in [1.165, 1.54) is 6.92 Å². The number of hydrogen-bond donors (Lipinski definition) is 1. The average Bonchev–Trinajstić information content (AvgIpc) is 2.18. The number of carbonyl (C=O) groups excluding carboxylic acids is 1. The van der Waals surface area contributed by atoms with Crippen LogP contribution in [0.5, 0.6) is 0 Å². The summed E-state index contributed by atoms with van der Waals surface area (Å²) in [7, 11) is 0. The summed E-state index contributed by atoms with van der Waals surface area (Å²) in [4.78, 5) is 14.9. The molecule has 1 N–H and O–H groups in total. The van der Waals surface area contributed by atoms with Crippen LogP contribution in [0.4, 0.5) is 0 Å². The quantitative estimate of drug-likeness (QED) is 0.753. The Morgan fingerprint density at radius 3 is 3.00 bits per heavy atom. The summed E-state index contributed by atoms with van der Waals surface area (Å²) in [6.45, 7) is 3.55. The predicted molar refractivity (Wildman–Crippen MR) is 62.5 cm³/mol. The normalized spacial score (nSPS) is 18.3. The maximum absolute atomic E-state index is 10.9. The van der Waals surface area contributed by atoms with Gasteiger partial charge in [0.2, 0.25) is 5.91 Å². The van der Waals surface area contributed by atoms with Gasteiger partial charge in [-0.05, 0) is 24.1 Å². The summed E-state index contributed by atoms with van der Waals surface area (Å²) in [5.41, 5.74) is 2.01. The molecule has 1 rings (SSSR count). The standard InChI is InChI=1S/C12H16N2O/c1-3-4-12(14-10(2)15)9-11-5-7-13-8-6-11/h4-5,7-9H,3,6H2,1-2H3,(H,14,15)/b11-9-,12-4+. The van der Waals surface area contributed by atoms with Crippen LogP contribution in [0.15, 0.2) is 40.7 Å². The van der Waals surface area contributed by atoms with Gasteiger partial charge in [-0.3, -0.25) is 9.79 Å². The molecule has 3 heteroatoms. The van der Waals surface area contributed by atoms with E-state index in [2.05, 4.69) is 10.3 Å². The van der Waals surface area contributed by atoms with Crippen LogP contribution >= 0.6 is 0 Å². The first kappa shape index (κ1) is 11.4. The Bertz CT molecular complexity index is 349. The van der Waals surface area contributed by atoms with Gasteiger partial charge in [0.1, 0.15) is 0 Å². The first-order chi connectivity index (χ1) is 7.22. The van der Waals surface area contributed by atoms with Gasteiger partial charge in [0.15, 0.2) is 0 Å². The highest BCUT2D eigenvalue weighted by Gasteiger charge is 1.99. The predicted octanol–water partition coefficient (Wildman–Crippen LogP) is 2.33. The molecule has 1 heterocycles. The second-order valence-corrected chi connectivity index (χ2v) is 3.32. The van der Waals surface area contributed by atoms with Crippen molar-refractivity contribution in [3.63, 3.8) is 0 Å². The summed E-state index contributed by atoms with van der Waals surface area (Å²) >= 11 is 0. The van der Waals surface area contributed by atoms with Gasteiger partial charge in [0.05, 0.1) is 0 Å². The fourth-order valence-electron chi connectivity index (χ4n) is 1.30. The van der Waals surface area contributed by atoms with Crippen LogP contribution in [-0.2, 0) is 4.79 Å². The first-order valence-corrected chi connectivity index (χ1v) is 5.09. The maximum atomic E-state index is 10.9. The number of carbonyl (C=O) groups is 1. The van der Waals surface area contributed by atoms with Gasteiger partial charge < -0.3 is 5.32 Å². The highest BCUT2D eigenvalue weighted by atomic mass is 16.1. The molecule has 0 spiro atoms. The molecule has 0 saturated carbocycles. The number of rotatable bonds is 3. The van der Waals surface area contributed by atoms with Crippen LogP contribution in [-0.4, -0.2) is 12.1 Å². The Morgan fingerprint density at radius 2 is 2.47 bits per heavy atom. The molecule has 0 fully saturated rings. The summed E-state index contributed by atoms with van der Waals surface area (Å²) < 4.78 is 0. The lowest BCUT2D eigenvalue weighted by Gasteiger charge is -2.06. The molecule has 0 bridgehead atoms. The van der Waals surface area contributed by atoms with Gasteiger partial charge in [0.25, 0.3) is 0 Å². The van der Waals surface area contributed by atoms with E-state index >= 15 is 0 Å². The van der Waals surface area contributed by atoms with Crippen LogP contribution in [0.1, 0.15) is 26.7 Å². The van der Waals surface area contributed by atoms with Crippen molar-refractivity contribution in [2.24, 2.45) is 4.99 Å². The van der Waals surface area contributed by atoms with E-state index in [-0.39, 0.29) is 5.91 Å². The van der Waals surface area contributed by atoms with Crippen molar-refractivity contribution in [2.45, 2.75) is 26.7 Å². The van der Waals surface area contributed by atoms with Gasteiger partial charge >= 0.3 is 0 Å². The Kier molecular flexibility index (Phi) is 4.54. The van der Waals surface area contributed by atoms with Gasteiger partial charge in [0, 0.05) is 31.5 Å². The summed E-state index contributed by atoms with van der Waals surface area (Å²) in [6, 6.07) is 0. The minimum Gasteiger partial charge on any atom is -0.327 e. The largest absolute Gasteiger partial charge is 0.327 e. The number of aliphatic imine (C=N–C) groups is 1. The molecule has 0 aromatic heterocycles. The van der Waals surface area contributed by atoms with Crippen molar-refractivity contribution in [1.82, 2.24) is 5.32 Å². The van der Waals surface area contributed by atoms with Gasteiger partial charge in [-0.15, -0.1) is 0 Å². The van der Waals surface area contributed by atoms with Crippen LogP contribution in [0.3, 0.4) is 0 Å². The van der Waals surface area contributed by atoms with E-state index in [1.807, 2.05) is 31.4 Å². The van der Waals surface area contributed by atoms with E-state index in [9.17, 15) is 4.79 Å². The molecular formula is C12H16N2O. The van der Waals surface area contributed by atoms with Crippen molar-refractivity contribution < 1.29 is 4.79 Å². The Balaban J connectivity index is 2.73. The number of amides is 1. The molecule has 0 saturated heterocycles. The number of allylic oxidation sites excluding steroid dienone is 4. The minimum atomic E-state index is -0.0417. The summed E-state index contributed by atoms with van der Waals surface area (Å²) in [5.74, 6) is -0.0417. The summed E-state index contributed by atoms with van der Waals surface area (Å²) in [6.07, 6.45) is 11.2. The fourth-order valence-corrected chi connectivity index (χ4v) is 1.30. The third-order valence-corrected chi connectivity index (χ3v) is 1.89. The van der Waals surface area contributed by atoms with E-state index in [0.29, 0.717) is 0 Å². The average molecular weight is 204 g/mol. The second kappa shape index (κ2) is 5.96. The van der Waals surface area contributed by atoms with Crippen molar-refractivity contribution in [3.05, 3.63) is 35.7 Å². The smallest absolute Gasteiger partial charge is 0.221 e. The van der Waals surface area contributed by atoms with Gasteiger partial charge in [-0.2, -0.15) is 0 Å². The number of nitrogens with zero attached hydrogens (tertiary/aromatic N) is 1. The molecule has 0 aromatic rings. The van der Waals surface area contributed by atoms with Crippen LogP contribution in [0.2, 0.25) is 0 Å². The van der Waals surface area contributed by atoms with Crippen molar-refractivity contribution >= 4 is 12.1 Å². The lowest BCUT2D eigenvalue weighted by atomic mass is 10.1. The molecule has 0 aromatic carbocycles. The molecule has 1 aliphatic rings. The van der Waals surface area contributed by atoms with Crippen LogP contribution in [0.25, 0.3) is 0 Å². The monoisotopic (exact) mass is 204 g/mol. The molecule has 3 nitrogen and oxygen atoms in total. The number of hydrogen-bond acceptors (Lipinski definition) is 2. The third-order valence-electron chi connectivity index (χ3n) is 1.89. The van der Waals surface area contributed by atoms with E-state index in [0.717, 1.165) is 24.1 Å². The molecule has 80 valence electrons. The topological polar surface area (TPSA) is 41.5 Å². The first-order valence-electron chi connectivity index (χ1n) is 5.09.